The fourth-order valence-corrected chi connectivity index (χ4v) is 8.54. The van der Waals surface area contributed by atoms with Gasteiger partial charge >= 0.3 is 5.97 Å². The van der Waals surface area contributed by atoms with Gasteiger partial charge in [0.1, 0.15) is 30.5 Å². The normalized spacial score (nSPS) is 19.6. The zero-order chi connectivity index (χ0) is 46.4. The van der Waals surface area contributed by atoms with E-state index < -0.39 is 43.4 Å². The number of unbranched alkanes of at least 4 members (excludes halogenated alkanes) is 33. The van der Waals surface area contributed by atoms with Gasteiger partial charge in [-0.25, -0.2) is 0 Å². The first-order valence-electron chi connectivity index (χ1n) is 27.4. The maximum absolute atomic E-state index is 12.9. The number of hydrogen-bond acceptors (Lipinski definition) is 9. The van der Waals surface area contributed by atoms with Crippen LogP contribution in [0, 0.1) is 0 Å². The SMILES string of the molecule is CCCCCCCC/C=C\CCCCCCCCCCCCOCC(COC1OC(CO)C(O)C(O)C1O)OC(=O)CCCCCCCCCCC/C=C\CCCCCCCCCC. The number of allylic oxidation sites excluding steroid dienone is 4. The lowest BCUT2D eigenvalue weighted by Crippen LogP contribution is -2.59. The highest BCUT2D eigenvalue weighted by Crippen LogP contribution is 2.23. The Morgan fingerprint density at radius 1 is 0.484 bits per heavy atom. The summed E-state index contributed by atoms with van der Waals surface area (Å²) in [5, 5.41) is 40.3. The molecule has 0 aromatic heterocycles. The van der Waals surface area contributed by atoms with Crippen LogP contribution in [0.5, 0.6) is 0 Å². The van der Waals surface area contributed by atoms with Crippen LogP contribution in [-0.2, 0) is 23.7 Å². The van der Waals surface area contributed by atoms with Gasteiger partial charge in [0.25, 0.3) is 0 Å². The van der Waals surface area contributed by atoms with E-state index in [0.717, 1.165) is 32.1 Å². The highest BCUT2D eigenvalue weighted by atomic mass is 16.7. The first-order valence-corrected chi connectivity index (χ1v) is 27.4. The summed E-state index contributed by atoms with van der Waals surface area (Å²) in [4.78, 5) is 12.9. The summed E-state index contributed by atoms with van der Waals surface area (Å²) >= 11 is 0. The third kappa shape index (κ3) is 36.7. The molecule has 9 nitrogen and oxygen atoms in total. The largest absolute Gasteiger partial charge is 0.457 e. The van der Waals surface area contributed by atoms with Crippen LogP contribution in [0.3, 0.4) is 0 Å². The molecular weight excluding hydrogens is 805 g/mol. The smallest absolute Gasteiger partial charge is 0.306 e. The van der Waals surface area contributed by atoms with Gasteiger partial charge in [0.2, 0.25) is 0 Å². The molecule has 1 heterocycles. The maximum Gasteiger partial charge on any atom is 0.306 e. The summed E-state index contributed by atoms with van der Waals surface area (Å²) in [6, 6.07) is 0. The molecule has 0 aromatic carbocycles. The van der Waals surface area contributed by atoms with Crippen LogP contribution < -0.4 is 0 Å². The number of ether oxygens (including phenoxy) is 4. The fraction of sp³-hybridized carbons (Fsp3) is 0.909. The zero-order valence-corrected chi connectivity index (χ0v) is 41.8. The second-order valence-corrected chi connectivity index (χ2v) is 19.0. The van der Waals surface area contributed by atoms with Gasteiger partial charge in [-0.05, 0) is 64.2 Å². The van der Waals surface area contributed by atoms with Crippen molar-refractivity contribution in [2.75, 3.05) is 26.4 Å². The van der Waals surface area contributed by atoms with Crippen LogP contribution in [-0.4, -0.2) is 89.6 Å². The van der Waals surface area contributed by atoms with Crippen molar-refractivity contribution in [1.29, 1.82) is 0 Å². The minimum atomic E-state index is -1.54. The van der Waals surface area contributed by atoms with Gasteiger partial charge in [0.15, 0.2) is 6.29 Å². The summed E-state index contributed by atoms with van der Waals surface area (Å²) in [5.74, 6) is -0.312. The second kappa shape index (κ2) is 46.8. The predicted molar refractivity (Wildman–Crippen MR) is 265 cm³/mol. The lowest BCUT2D eigenvalue weighted by molar-refractivity contribution is -0.305. The Balaban J connectivity index is 2.17. The zero-order valence-electron chi connectivity index (χ0n) is 41.8. The second-order valence-electron chi connectivity index (χ2n) is 19.0. The summed E-state index contributed by atoms with van der Waals surface area (Å²) in [6.45, 7) is 4.60. The van der Waals surface area contributed by atoms with Gasteiger partial charge in [-0.15, -0.1) is 0 Å². The average Bonchev–Trinajstić information content (AvgIpc) is 3.30. The van der Waals surface area contributed by atoms with E-state index >= 15 is 0 Å². The summed E-state index contributed by atoms with van der Waals surface area (Å²) in [5.41, 5.74) is 0. The Morgan fingerprint density at radius 2 is 0.859 bits per heavy atom. The number of aliphatic hydroxyl groups is 4. The molecule has 0 spiro atoms. The molecule has 1 aliphatic rings. The van der Waals surface area contributed by atoms with Crippen LogP contribution >= 0.6 is 0 Å². The lowest BCUT2D eigenvalue weighted by atomic mass is 9.99. The van der Waals surface area contributed by atoms with Gasteiger partial charge < -0.3 is 39.4 Å². The number of rotatable bonds is 48. The number of carbonyl (C=O) groups is 1. The predicted octanol–water partition coefficient (Wildman–Crippen LogP) is 13.7. The molecule has 0 aromatic rings. The number of aliphatic hydroxyl groups excluding tert-OH is 4. The van der Waals surface area contributed by atoms with Crippen molar-refractivity contribution < 1.29 is 44.2 Å². The average molecular weight is 909 g/mol. The summed E-state index contributed by atoms with van der Waals surface area (Å²) < 4.78 is 22.9. The van der Waals surface area contributed by atoms with E-state index in [1.165, 1.54) is 205 Å². The van der Waals surface area contributed by atoms with Crippen molar-refractivity contribution in [3.63, 3.8) is 0 Å². The van der Waals surface area contributed by atoms with Crippen molar-refractivity contribution >= 4 is 5.97 Å². The van der Waals surface area contributed by atoms with E-state index in [1.807, 2.05) is 0 Å². The van der Waals surface area contributed by atoms with E-state index in [-0.39, 0.29) is 19.2 Å². The Hall–Kier alpha value is -1.33. The van der Waals surface area contributed by atoms with Crippen LogP contribution in [0.1, 0.15) is 258 Å². The number of carbonyl (C=O) groups excluding carboxylic acids is 1. The minimum absolute atomic E-state index is 0.111. The first-order chi connectivity index (χ1) is 31.4. The molecule has 0 bridgehead atoms. The highest BCUT2D eigenvalue weighted by Gasteiger charge is 2.44. The quantitative estimate of drug-likeness (QED) is 0.0267. The molecule has 64 heavy (non-hydrogen) atoms. The molecule has 378 valence electrons. The highest BCUT2D eigenvalue weighted by molar-refractivity contribution is 5.69. The Kier molecular flexibility index (Phi) is 44.3. The fourth-order valence-electron chi connectivity index (χ4n) is 8.54. The van der Waals surface area contributed by atoms with Gasteiger partial charge in [-0.2, -0.15) is 0 Å². The van der Waals surface area contributed by atoms with Gasteiger partial charge in [-0.3, -0.25) is 4.79 Å². The molecule has 6 atom stereocenters. The van der Waals surface area contributed by atoms with E-state index in [2.05, 4.69) is 38.2 Å². The minimum Gasteiger partial charge on any atom is -0.457 e. The number of esters is 1. The van der Waals surface area contributed by atoms with Gasteiger partial charge in [0.05, 0.1) is 19.8 Å². The van der Waals surface area contributed by atoms with E-state index in [0.29, 0.717) is 13.0 Å². The van der Waals surface area contributed by atoms with Crippen molar-refractivity contribution in [2.45, 2.75) is 295 Å². The molecule has 0 amide bonds. The monoisotopic (exact) mass is 909 g/mol. The Labute approximate surface area is 394 Å². The van der Waals surface area contributed by atoms with Gasteiger partial charge in [-0.1, -0.05) is 212 Å². The molecular formula is C55H104O9. The molecule has 0 radical (unpaired) electrons. The van der Waals surface area contributed by atoms with Crippen molar-refractivity contribution in [1.82, 2.24) is 0 Å². The lowest BCUT2D eigenvalue weighted by Gasteiger charge is -2.39. The molecule has 9 heteroatoms. The van der Waals surface area contributed by atoms with Crippen LogP contribution in [0.4, 0.5) is 0 Å². The van der Waals surface area contributed by atoms with Crippen molar-refractivity contribution in [2.24, 2.45) is 0 Å². The third-order valence-electron chi connectivity index (χ3n) is 12.8. The van der Waals surface area contributed by atoms with Crippen molar-refractivity contribution in [3.05, 3.63) is 24.3 Å². The van der Waals surface area contributed by atoms with Crippen LogP contribution in [0.15, 0.2) is 24.3 Å². The van der Waals surface area contributed by atoms with E-state index in [9.17, 15) is 25.2 Å². The molecule has 6 unspecified atom stereocenters. The molecule has 1 fully saturated rings. The molecule has 0 saturated carbocycles. The molecule has 1 rings (SSSR count). The maximum atomic E-state index is 12.9. The molecule has 1 saturated heterocycles. The van der Waals surface area contributed by atoms with Crippen molar-refractivity contribution in [3.8, 4) is 0 Å². The Bertz CT molecular complexity index is 1040. The molecule has 4 N–H and O–H groups in total. The summed E-state index contributed by atoms with van der Waals surface area (Å²) in [7, 11) is 0. The topological polar surface area (TPSA) is 135 Å². The van der Waals surface area contributed by atoms with Gasteiger partial charge in [0, 0.05) is 13.0 Å². The molecule has 0 aliphatic carbocycles. The van der Waals surface area contributed by atoms with E-state index in [4.69, 9.17) is 18.9 Å². The third-order valence-corrected chi connectivity index (χ3v) is 12.8. The standard InChI is InChI=1S/C55H104O9/c1-3-5-7-9-11-13-15-17-19-21-23-25-26-28-30-32-34-36-38-40-42-44-51(57)63-49(48-62-55-54(60)53(59)52(58)50(46-56)64-55)47-61-45-43-41-39-37-35-33-31-29-27-24-22-20-18-16-14-12-10-8-6-4-2/h18,20-21,23,49-50,52-56,58-60H,3-17,19,22,24-48H2,1-2H3/b20-18-,23-21-. The van der Waals surface area contributed by atoms with Crippen LogP contribution in [0.25, 0.3) is 0 Å². The summed E-state index contributed by atoms with van der Waals surface area (Å²) in [6.07, 6.45) is 49.3. The Morgan fingerprint density at radius 3 is 1.27 bits per heavy atom. The van der Waals surface area contributed by atoms with Crippen LogP contribution in [0.2, 0.25) is 0 Å². The first kappa shape index (κ1) is 60.7. The van der Waals surface area contributed by atoms with E-state index in [1.54, 1.807) is 0 Å². The number of hydrogen-bond donors (Lipinski definition) is 4. The molecule has 1 aliphatic heterocycles.